The zero-order valence-electron chi connectivity index (χ0n) is 19.1. The van der Waals surface area contributed by atoms with E-state index in [2.05, 4.69) is 16.0 Å². The molecule has 0 spiro atoms. The van der Waals surface area contributed by atoms with Crippen LogP contribution < -0.4 is 20.7 Å². The molecule has 3 N–H and O–H groups in total. The highest BCUT2D eigenvalue weighted by Gasteiger charge is 2.65. The second-order valence-corrected chi connectivity index (χ2v) is 11.5. The Balaban J connectivity index is 1.45. The van der Waals surface area contributed by atoms with E-state index in [-0.39, 0.29) is 30.1 Å². The van der Waals surface area contributed by atoms with Gasteiger partial charge >= 0.3 is 10.2 Å². The molecule has 1 saturated heterocycles. The molecule has 1 aliphatic heterocycles. The van der Waals surface area contributed by atoms with Crippen molar-refractivity contribution in [3.05, 3.63) is 59.4 Å². The number of nitrogens with one attached hydrogen (secondary N) is 3. The number of benzene rings is 2. The number of carbonyl (C=O) groups is 2. The summed E-state index contributed by atoms with van der Waals surface area (Å²) in [6.07, 6.45) is 0.737. The predicted octanol–water partition coefficient (Wildman–Crippen LogP) is 5.11. The average molecular weight is 538 g/mol. The highest BCUT2D eigenvalue weighted by atomic mass is 32.5. The number of rotatable bonds is 8. The molecule has 2 fully saturated rings. The van der Waals surface area contributed by atoms with E-state index in [0.717, 1.165) is 12.1 Å². The molecule has 2 aliphatic rings. The van der Waals surface area contributed by atoms with E-state index in [9.17, 15) is 33.4 Å². The van der Waals surface area contributed by atoms with Crippen molar-refractivity contribution in [3.63, 3.8) is 0 Å². The summed E-state index contributed by atoms with van der Waals surface area (Å²) in [5.41, 5.74) is 0.814. The number of hydrogen-bond donors (Lipinski definition) is 3. The van der Waals surface area contributed by atoms with Crippen molar-refractivity contribution in [3.8, 4) is 5.75 Å². The molecule has 2 aromatic carbocycles. The van der Waals surface area contributed by atoms with Gasteiger partial charge in [-0.05, 0) is 54.2 Å². The minimum Gasteiger partial charge on any atom is -0.494 e. The van der Waals surface area contributed by atoms with Crippen molar-refractivity contribution in [2.75, 3.05) is 7.11 Å². The number of amides is 2. The monoisotopic (exact) mass is 537 g/mol. The van der Waals surface area contributed by atoms with Crippen LogP contribution in [-0.2, 0) is 16.0 Å². The van der Waals surface area contributed by atoms with Gasteiger partial charge < -0.3 is 15.4 Å². The van der Waals surface area contributed by atoms with Crippen molar-refractivity contribution < 1.29 is 38.1 Å². The Morgan fingerprint density at radius 3 is 2.33 bits per heavy atom. The predicted molar refractivity (Wildman–Crippen MR) is 122 cm³/mol. The third-order valence-electron chi connectivity index (χ3n) is 6.18. The molecule has 6 nitrogen and oxygen atoms in total. The maximum absolute atomic E-state index is 14.0. The molecule has 3 atom stereocenters. The van der Waals surface area contributed by atoms with Gasteiger partial charge in [0.05, 0.1) is 31.8 Å². The van der Waals surface area contributed by atoms with E-state index in [1.54, 1.807) is 6.07 Å². The summed E-state index contributed by atoms with van der Waals surface area (Å²) < 4.78 is 84.1. The summed E-state index contributed by atoms with van der Waals surface area (Å²) in [5.74, 6) is -1.53. The van der Waals surface area contributed by atoms with E-state index in [1.165, 1.54) is 19.2 Å². The summed E-state index contributed by atoms with van der Waals surface area (Å²) in [6.45, 7) is 0. The van der Waals surface area contributed by atoms with E-state index in [0.29, 0.717) is 30.5 Å². The summed E-state index contributed by atoms with van der Waals surface area (Å²) in [4.78, 5) is 23.2. The highest BCUT2D eigenvalue weighted by Crippen LogP contribution is 3.02. The number of hydrogen-bond acceptors (Lipinski definition) is 4. The molecular weight excluding hydrogens is 512 g/mol. The number of halogens is 6. The maximum atomic E-state index is 14.0. The van der Waals surface area contributed by atoms with Gasteiger partial charge in [-0.15, -0.1) is 0 Å². The first kappa shape index (κ1) is 26.1. The Morgan fingerprint density at radius 2 is 1.78 bits per heavy atom. The minimum atomic E-state index is -9.80. The summed E-state index contributed by atoms with van der Waals surface area (Å²) in [5, 5.41) is 8.44. The first-order valence-corrected chi connectivity index (χ1v) is 13.1. The Hall–Kier alpha value is -2.93. The van der Waals surface area contributed by atoms with Crippen molar-refractivity contribution >= 4 is 22.0 Å². The lowest BCUT2D eigenvalue weighted by Crippen LogP contribution is -2.61. The largest absolute Gasteiger partial charge is 0.494 e. The number of ether oxygens (including phenoxy) is 1. The molecule has 1 aliphatic carbocycles. The second-order valence-electron chi connectivity index (χ2n) is 9.08. The third kappa shape index (κ3) is 6.25. The highest BCUT2D eigenvalue weighted by molar-refractivity contribution is 8.45. The fourth-order valence-corrected chi connectivity index (χ4v) is 4.87. The van der Waals surface area contributed by atoms with E-state index < -0.39 is 51.0 Å². The van der Waals surface area contributed by atoms with Crippen molar-refractivity contribution in [1.29, 1.82) is 0 Å². The Labute approximate surface area is 203 Å². The van der Waals surface area contributed by atoms with Crippen LogP contribution in [0.2, 0.25) is 0 Å². The van der Waals surface area contributed by atoms with E-state index in [4.69, 9.17) is 4.74 Å². The van der Waals surface area contributed by atoms with Crippen molar-refractivity contribution in [2.45, 2.75) is 48.8 Å². The molecule has 2 unspecified atom stereocenters. The van der Waals surface area contributed by atoms with E-state index >= 15 is 0 Å². The minimum absolute atomic E-state index is 0.0599. The quantitative estimate of drug-likeness (QED) is 0.409. The molecule has 198 valence electrons. The van der Waals surface area contributed by atoms with Gasteiger partial charge in [-0.25, -0.2) is 4.39 Å². The molecule has 0 radical (unpaired) electrons. The van der Waals surface area contributed by atoms with Crippen LogP contribution in [0, 0.1) is 11.7 Å². The Bertz CT molecular complexity index is 1170. The summed E-state index contributed by atoms with van der Waals surface area (Å²) in [7, 11) is -8.47. The lowest BCUT2D eigenvalue weighted by Gasteiger charge is -2.40. The van der Waals surface area contributed by atoms with Gasteiger partial charge in [0.1, 0.15) is 4.90 Å². The molecule has 1 saturated carbocycles. The number of carbonyl (C=O) groups excluding carboxylic acids is 2. The average Bonchev–Trinajstić information content (AvgIpc) is 3.61. The first-order chi connectivity index (χ1) is 16.6. The van der Waals surface area contributed by atoms with Crippen LogP contribution in [0.4, 0.5) is 23.8 Å². The van der Waals surface area contributed by atoms with Gasteiger partial charge in [0.2, 0.25) is 11.8 Å². The molecule has 36 heavy (non-hydrogen) atoms. The standard InChI is InChI=1S/C23H25F6N3O3S/c1-35-19-9-2-13(10-17(19)24)11-20-30-18(12-21(33)31-20)23(34)32-22(14-3-4-14)15-5-7-16(8-6-15)36(25,26,27,28)29/h2,5-10,14,18,20,22,30H,3-4,11-12H2,1H3,(H,31,33)(H,32,34)/t18?,20?,22-/m1/s1. The normalized spacial score (nSPS) is 23.1. The first-order valence-electron chi connectivity index (χ1n) is 11.2. The lowest BCUT2D eigenvalue weighted by molar-refractivity contribution is -0.132. The van der Waals surface area contributed by atoms with Gasteiger partial charge in [0.15, 0.2) is 11.6 Å². The Morgan fingerprint density at radius 1 is 1.11 bits per heavy atom. The van der Waals surface area contributed by atoms with Gasteiger partial charge in [-0.3, -0.25) is 14.9 Å². The zero-order valence-corrected chi connectivity index (χ0v) is 19.9. The summed E-state index contributed by atoms with van der Waals surface area (Å²) >= 11 is 0. The zero-order chi connectivity index (χ0) is 26.4. The molecule has 4 rings (SSSR count). The SMILES string of the molecule is COc1ccc(CC2NC(=O)CC(C(=O)N[C@@H](c3ccc(S(F)(F)(F)(F)F)cc3)C3CC3)N2)cc1F. The number of methoxy groups -OCH3 is 1. The maximum Gasteiger partial charge on any atom is 0.310 e. The fourth-order valence-electron chi connectivity index (χ4n) is 4.22. The second kappa shape index (κ2) is 8.58. The van der Waals surface area contributed by atoms with Crippen LogP contribution in [0.1, 0.15) is 36.4 Å². The van der Waals surface area contributed by atoms with Crippen LogP contribution in [-0.4, -0.2) is 31.1 Å². The molecule has 1 heterocycles. The summed E-state index contributed by atoms with van der Waals surface area (Å²) in [6, 6.07) is 5.24. The van der Waals surface area contributed by atoms with Crippen LogP contribution in [0.3, 0.4) is 0 Å². The van der Waals surface area contributed by atoms with Gasteiger partial charge in [0.25, 0.3) is 0 Å². The fraction of sp³-hybridized carbons (Fsp3) is 0.391. The van der Waals surface area contributed by atoms with Crippen LogP contribution in [0.5, 0.6) is 5.75 Å². The van der Waals surface area contributed by atoms with Crippen LogP contribution >= 0.6 is 10.2 Å². The third-order valence-corrected chi connectivity index (χ3v) is 7.34. The van der Waals surface area contributed by atoms with Crippen LogP contribution in [0.25, 0.3) is 0 Å². The molecule has 2 amide bonds. The molecular formula is C23H25F6N3O3S. The lowest BCUT2D eigenvalue weighted by atomic mass is 10.0. The van der Waals surface area contributed by atoms with Crippen LogP contribution in [0.15, 0.2) is 47.4 Å². The van der Waals surface area contributed by atoms with Gasteiger partial charge in [0, 0.05) is 6.42 Å². The Kier molecular flexibility index (Phi) is 6.23. The van der Waals surface area contributed by atoms with Crippen molar-refractivity contribution in [2.24, 2.45) is 5.92 Å². The molecule has 0 bridgehead atoms. The van der Waals surface area contributed by atoms with Gasteiger partial charge in [-0.1, -0.05) is 37.6 Å². The molecule has 13 heteroatoms. The van der Waals surface area contributed by atoms with Gasteiger partial charge in [-0.2, -0.15) is 0 Å². The smallest absolute Gasteiger partial charge is 0.310 e. The van der Waals surface area contributed by atoms with E-state index in [1.807, 2.05) is 0 Å². The topological polar surface area (TPSA) is 79.5 Å². The molecule has 0 aromatic heterocycles. The van der Waals surface area contributed by atoms with Crippen molar-refractivity contribution in [1.82, 2.24) is 16.0 Å². The molecule has 2 aromatic rings.